The zero-order valence-corrected chi connectivity index (χ0v) is 8.01. The van der Waals surface area contributed by atoms with Gasteiger partial charge in [-0.3, -0.25) is 0 Å². The quantitative estimate of drug-likeness (QED) is 0.573. The lowest BCUT2D eigenvalue weighted by Crippen LogP contribution is -2.56. The molecule has 0 aliphatic carbocycles. The van der Waals surface area contributed by atoms with Crippen LogP contribution in [0.3, 0.4) is 0 Å². The smallest absolute Gasteiger partial charge is 0.124 e. The van der Waals surface area contributed by atoms with E-state index in [1.807, 2.05) is 0 Å². The third-order valence-electron chi connectivity index (χ3n) is 3.49. The first kappa shape index (κ1) is 9.16. The summed E-state index contributed by atoms with van der Waals surface area (Å²) in [5.41, 5.74) is 0.366. The molecule has 2 fully saturated rings. The van der Waals surface area contributed by atoms with E-state index in [0.29, 0.717) is 5.54 Å². The fraction of sp³-hybridized carbons (Fsp3) is 0.900. The van der Waals surface area contributed by atoms with Crippen molar-refractivity contribution in [1.29, 1.82) is 0 Å². The van der Waals surface area contributed by atoms with E-state index in [1.165, 1.54) is 19.3 Å². The first-order chi connectivity index (χ1) is 6.35. The summed E-state index contributed by atoms with van der Waals surface area (Å²) in [5, 5.41) is 6.94. The van der Waals surface area contributed by atoms with E-state index in [2.05, 4.69) is 10.6 Å². The first-order valence-electron chi connectivity index (χ1n) is 5.26. The van der Waals surface area contributed by atoms with Gasteiger partial charge in [0.05, 0.1) is 0 Å². The molecule has 3 heteroatoms. The molecule has 2 rings (SSSR count). The highest BCUT2D eigenvalue weighted by Gasteiger charge is 2.35. The van der Waals surface area contributed by atoms with Crippen molar-refractivity contribution < 1.29 is 4.79 Å². The molecule has 2 N–H and O–H groups in total. The molecule has 0 saturated carbocycles. The van der Waals surface area contributed by atoms with Crippen LogP contribution in [0.25, 0.3) is 0 Å². The maximum absolute atomic E-state index is 10.6. The highest BCUT2D eigenvalue weighted by Crippen LogP contribution is 2.29. The van der Waals surface area contributed by atoms with Crippen LogP contribution in [0.2, 0.25) is 0 Å². The third-order valence-corrected chi connectivity index (χ3v) is 3.49. The van der Waals surface area contributed by atoms with Gasteiger partial charge in [0.1, 0.15) is 6.29 Å². The second kappa shape index (κ2) is 3.76. The molecule has 1 atom stereocenters. The largest absolute Gasteiger partial charge is 0.317 e. The second-order valence-electron chi connectivity index (χ2n) is 4.35. The molecule has 2 aliphatic heterocycles. The molecule has 1 spiro atoms. The van der Waals surface area contributed by atoms with Gasteiger partial charge in [-0.1, -0.05) is 0 Å². The van der Waals surface area contributed by atoms with Crippen LogP contribution in [0.4, 0.5) is 0 Å². The number of carbonyl (C=O) groups excluding carboxylic acids is 1. The van der Waals surface area contributed by atoms with Crippen LogP contribution in [0.5, 0.6) is 0 Å². The van der Waals surface area contributed by atoms with Gasteiger partial charge in [0.25, 0.3) is 0 Å². The molecule has 0 amide bonds. The summed E-state index contributed by atoms with van der Waals surface area (Å²) in [6.07, 6.45) is 5.80. The first-order valence-corrected chi connectivity index (χ1v) is 5.26. The van der Waals surface area contributed by atoms with Crippen LogP contribution in [0.1, 0.15) is 25.7 Å². The van der Waals surface area contributed by atoms with Crippen LogP contribution in [-0.2, 0) is 4.79 Å². The van der Waals surface area contributed by atoms with E-state index >= 15 is 0 Å². The predicted octanol–water partition coefficient (Wildman–Crippen LogP) is 0.307. The zero-order valence-electron chi connectivity index (χ0n) is 8.01. The highest BCUT2D eigenvalue weighted by atomic mass is 16.1. The number of piperidine rings is 2. The van der Waals surface area contributed by atoms with Gasteiger partial charge in [-0.25, -0.2) is 0 Å². The molecule has 0 radical (unpaired) electrons. The molecule has 13 heavy (non-hydrogen) atoms. The summed E-state index contributed by atoms with van der Waals surface area (Å²) in [5.74, 6) is 0.264. The zero-order chi connectivity index (χ0) is 9.15. The van der Waals surface area contributed by atoms with Gasteiger partial charge in [0.15, 0.2) is 0 Å². The van der Waals surface area contributed by atoms with Gasteiger partial charge in [-0.2, -0.15) is 0 Å². The van der Waals surface area contributed by atoms with Crippen molar-refractivity contribution in [3.63, 3.8) is 0 Å². The number of aldehydes is 1. The predicted molar refractivity (Wildman–Crippen MR) is 51.6 cm³/mol. The van der Waals surface area contributed by atoms with Gasteiger partial charge < -0.3 is 15.4 Å². The average Bonchev–Trinajstić information content (AvgIpc) is 2.20. The molecule has 3 nitrogen and oxygen atoms in total. The summed E-state index contributed by atoms with van der Waals surface area (Å²) >= 11 is 0. The van der Waals surface area contributed by atoms with Crippen molar-refractivity contribution in [1.82, 2.24) is 10.6 Å². The van der Waals surface area contributed by atoms with E-state index in [0.717, 1.165) is 32.3 Å². The summed E-state index contributed by atoms with van der Waals surface area (Å²) in [4.78, 5) is 10.6. The van der Waals surface area contributed by atoms with E-state index < -0.39 is 0 Å². The summed E-state index contributed by atoms with van der Waals surface area (Å²) in [6.45, 7) is 3.14. The minimum atomic E-state index is 0.264. The topological polar surface area (TPSA) is 41.1 Å². The van der Waals surface area contributed by atoms with Crippen LogP contribution in [0, 0.1) is 5.92 Å². The maximum atomic E-state index is 10.6. The van der Waals surface area contributed by atoms with Crippen molar-refractivity contribution >= 4 is 6.29 Å². The lowest BCUT2D eigenvalue weighted by molar-refractivity contribution is -0.112. The van der Waals surface area contributed by atoms with E-state index in [4.69, 9.17) is 0 Å². The Kier molecular flexibility index (Phi) is 2.65. The summed E-state index contributed by atoms with van der Waals surface area (Å²) in [7, 11) is 0. The Morgan fingerprint density at radius 2 is 2.00 bits per heavy atom. The van der Waals surface area contributed by atoms with Crippen molar-refractivity contribution in [2.45, 2.75) is 31.2 Å². The molecular weight excluding hydrogens is 164 g/mol. The normalized spacial score (nSPS) is 33.1. The molecule has 2 heterocycles. The fourth-order valence-corrected chi connectivity index (χ4v) is 2.45. The van der Waals surface area contributed by atoms with Crippen molar-refractivity contribution in [3.8, 4) is 0 Å². The SMILES string of the molecule is O=CC1CCC2(CCNCC2)NC1. The third kappa shape index (κ3) is 1.92. The second-order valence-corrected chi connectivity index (χ2v) is 4.35. The fourth-order valence-electron chi connectivity index (χ4n) is 2.45. The van der Waals surface area contributed by atoms with Crippen molar-refractivity contribution in [2.75, 3.05) is 19.6 Å². The van der Waals surface area contributed by atoms with Gasteiger partial charge in [-0.05, 0) is 38.8 Å². The van der Waals surface area contributed by atoms with E-state index in [-0.39, 0.29) is 5.92 Å². The Morgan fingerprint density at radius 3 is 2.54 bits per heavy atom. The Bertz CT molecular complexity index is 177. The Hall–Kier alpha value is -0.410. The number of nitrogens with one attached hydrogen (secondary N) is 2. The number of carbonyl (C=O) groups is 1. The number of rotatable bonds is 1. The summed E-state index contributed by atoms with van der Waals surface area (Å²) in [6, 6.07) is 0. The molecule has 0 bridgehead atoms. The Morgan fingerprint density at radius 1 is 1.23 bits per heavy atom. The minimum absolute atomic E-state index is 0.264. The highest BCUT2D eigenvalue weighted by molar-refractivity contribution is 5.54. The summed E-state index contributed by atoms with van der Waals surface area (Å²) < 4.78 is 0. The van der Waals surface area contributed by atoms with Crippen molar-refractivity contribution in [2.24, 2.45) is 5.92 Å². The Labute approximate surface area is 79.3 Å². The van der Waals surface area contributed by atoms with Crippen molar-refractivity contribution in [3.05, 3.63) is 0 Å². The molecule has 0 aromatic carbocycles. The van der Waals surface area contributed by atoms with Crippen LogP contribution in [0.15, 0.2) is 0 Å². The molecule has 2 saturated heterocycles. The maximum Gasteiger partial charge on any atom is 0.124 e. The molecule has 0 aromatic heterocycles. The Balaban J connectivity index is 1.91. The standard InChI is InChI=1S/C10H18N2O/c13-8-9-1-2-10(12-7-9)3-5-11-6-4-10/h8-9,11-12H,1-7H2. The van der Waals surface area contributed by atoms with Crippen LogP contribution < -0.4 is 10.6 Å². The van der Waals surface area contributed by atoms with Gasteiger partial charge in [-0.15, -0.1) is 0 Å². The van der Waals surface area contributed by atoms with Crippen LogP contribution in [-0.4, -0.2) is 31.5 Å². The average molecular weight is 182 g/mol. The molecule has 0 aromatic rings. The molecule has 1 unspecified atom stereocenters. The number of hydrogen-bond acceptors (Lipinski definition) is 3. The van der Waals surface area contributed by atoms with Gasteiger partial charge in [0.2, 0.25) is 0 Å². The van der Waals surface area contributed by atoms with Crippen LogP contribution >= 0.6 is 0 Å². The van der Waals surface area contributed by atoms with E-state index in [9.17, 15) is 4.79 Å². The van der Waals surface area contributed by atoms with E-state index in [1.54, 1.807) is 0 Å². The molecular formula is C10H18N2O. The molecule has 2 aliphatic rings. The lowest BCUT2D eigenvalue weighted by atomic mass is 9.78. The van der Waals surface area contributed by atoms with Gasteiger partial charge >= 0.3 is 0 Å². The lowest BCUT2D eigenvalue weighted by Gasteiger charge is -2.43. The monoisotopic (exact) mass is 182 g/mol. The van der Waals surface area contributed by atoms with Gasteiger partial charge in [0, 0.05) is 18.0 Å². The molecule has 74 valence electrons. The minimum Gasteiger partial charge on any atom is -0.317 e. The number of hydrogen-bond donors (Lipinski definition) is 2.